The molecule has 2 N–H and O–H groups in total. The van der Waals surface area contributed by atoms with E-state index < -0.39 is 16.0 Å². The van der Waals surface area contributed by atoms with Gasteiger partial charge in [-0.2, -0.15) is 0 Å². The van der Waals surface area contributed by atoms with Gasteiger partial charge < -0.3 is 10.0 Å². The second kappa shape index (κ2) is 9.30. The van der Waals surface area contributed by atoms with E-state index in [1.54, 1.807) is 12.1 Å². The summed E-state index contributed by atoms with van der Waals surface area (Å²) in [6.07, 6.45) is 9.96. The van der Waals surface area contributed by atoms with E-state index in [1.165, 1.54) is 6.42 Å². The molecule has 6 nitrogen and oxygen atoms in total. The summed E-state index contributed by atoms with van der Waals surface area (Å²) in [7, 11) is 0.307. The maximum atomic E-state index is 13.0. The van der Waals surface area contributed by atoms with Gasteiger partial charge in [0.25, 0.3) is 0 Å². The van der Waals surface area contributed by atoms with Gasteiger partial charge in [-0.05, 0) is 80.5 Å². The summed E-state index contributed by atoms with van der Waals surface area (Å²) in [6, 6.07) is 6.97. The monoisotopic (exact) mass is 420 g/mol. The quantitative estimate of drug-likeness (QED) is 0.446. The molecule has 2 bridgehead atoms. The second-order valence-corrected chi connectivity index (χ2v) is 10.2. The van der Waals surface area contributed by atoms with Gasteiger partial charge in [0.2, 0.25) is 10.0 Å². The number of fused-ring (bicyclic) bond motifs is 2. The molecule has 2 saturated carbocycles. The van der Waals surface area contributed by atoms with Gasteiger partial charge in [0.15, 0.2) is 0 Å². The molecule has 1 aromatic carbocycles. The zero-order valence-corrected chi connectivity index (χ0v) is 18.1. The molecule has 160 valence electrons. The predicted octanol–water partition coefficient (Wildman–Crippen LogP) is 3.65. The lowest BCUT2D eigenvalue weighted by atomic mass is 9.83. The summed E-state index contributed by atoms with van der Waals surface area (Å²) in [5, 5.41) is 8.70. The summed E-state index contributed by atoms with van der Waals surface area (Å²) in [6.45, 7) is 0. The Morgan fingerprint density at radius 2 is 1.86 bits per heavy atom. The molecule has 2 aliphatic carbocycles. The highest BCUT2D eigenvalue weighted by Crippen LogP contribution is 2.50. The van der Waals surface area contributed by atoms with Gasteiger partial charge in [0.05, 0.1) is 4.90 Å². The number of allylic oxidation sites excluding steroid dienone is 2. The summed E-state index contributed by atoms with van der Waals surface area (Å²) in [4.78, 5) is 12.8. The number of carboxylic acids is 1. The highest BCUT2D eigenvalue weighted by atomic mass is 32.2. The number of rotatable bonds is 10. The fourth-order valence-electron chi connectivity index (χ4n) is 4.85. The molecule has 0 radical (unpaired) electrons. The number of carboxylic acid groups (broad SMARTS) is 1. The Hall–Kier alpha value is -1.86. The topological polar surface area (TPSA) is 86.7 Å². The minimum Gasteiger partial charge on any atom is -0.481 e. The van der Waals surface area contributed by atoms with Crippen molar-refractivity contribution in [2.75, 3.05) is 19.0 Å². The molecule has 2 fully saturated rings. The lowest BCUT2D eigenvalue weighted by Crippen LogP contribution is -2.43. The van der Waals surface area contributed by atoms with Crippen LogP contribution < -0.4 is 9.62 Å². The van der Waals surface area contributed by atoms with E-state index in [9.17, 15) is 13.2 Å². The van der Waals surface area contributed by atoms with E-state index in [2.05, 4.69) is 10.8 Å². The third-order valence-electron chi connectivity index (χ3n) is 6.38. The lowest BCUT2D eigenvalue weighted by Gasteiger charge is -2.31. The first-order valence-electron chi connectivity index (χ1n) is 10.4. The van der Waals surface area contributed by atoms with Gasteiger partial charge in [-0.25, -0.2) is 13.1 Å². The van der Waals surface area contributed by atoms with E-state index in [-0.39, 0.29) is 12.5 Å². The maximum Gasteiger partial charge on any atom is 0.303 e. The van der Waals surface area contributed by atoms with Crippen LogP contribution in [-0.4, -0.2) is 39.6 Å². The SMILES string of the molecule is CN(C)c1ccc(S(=O)(=O)N[C@H]2C3CC[C@H](C3)[C@@H]2C/C=C\CCCC(=O)O)cc1. The highest BCUT2D eigenvalue weighted by Gasteiger charge is 2.48. The zero-order chi connectivity index (χ0) is 21.0. The van der Waals surface area contributed by atoms with Gasteiger partial charge in [-0.15, -0.1) is 0 Å². The zero-order valence-electron chi connectivity index (χ0n) is 17.3. The molecule has 0 amide bonds. The molecule has 0 aromatic heterocycles. The van der Waals surface area contributed by atoms with Crippen LogP contribution in [0.15, 0.2) is 41.3 Å². The summed E-state index contributed by atoms with van der Waals surface area (Å²) in [5.74, 6) is 0.550. The van der Waals surface area contributed by atoms with Crippen LogP contribution in [-0.2, 0) is 14.8 Å². The van der Waals surface area contributed by atoms with Crippen LogP contribution >= 0.6 is 0 Å². The number of carbonyl (C=O) groups is 1. The van der Waals surface area contributed by atoms with Crippen molar-refractivity contribution in [2.24, 2.45) is 17.8 Å². The van der Waals surface area contributed by atoms with Crippen molar-refractivity contribution in [3.05, 3.63) is 36.4 Å². The molecule has 0 aliphatic heterocycles. The van der Waals surface area contributed by atoms with Crippen molar-refractivity contribution < 1.29 is 18.3 Å². The Kier molecular flexibility index (Phi) is 7.01. The average Bonchev–Trinajstić information content (AvgIpc) is 3.26. The standard InChI is InChI=1S/C22H32N2O4S/c1-24(2)18-11-13-19(14-12-18)29(27,28)23-22-17-10-9-16(15-17)20(22)7-5-3-4-6-8-21(25)26/h3,5,11-14,16-17,20,22-23H,4,6-10,15H2,1-2H3,(H,25,26)/b5-3-/t16-,17?,20+,22+/m1/s1. The molecule has 3 rings (SSSR count). The Morgan fingerprint density at radius 1 is 1.17 bits per heavy atom. The molecule has 4 atom stereocenters. The Morgan fingerprint density at radius 3 is 2.52 bits per heavy atom. The van der Waals surface area contributed by atoms with Crippen LogP contribution in [0.3, 0.4) is 0 Å². The summed E-state index contributed by atoms with van der Waals surface area (Å²) >= 11 is 0. The van der Waals surface area contributed by atoms with Gasteiger partial charge in [0, 0.05) is 32.2 Å². The fraction of sp³-hybridized carbons (Fsp3) is 0.591. The van der Waals surface area contributed by atoms with Crippen molar-refractivity contribution in [1.82, 2.24) is 4.72 Å². The van der Waals surface area contributed by atoms with Crippen molar-refractivity contribution >= 4 is 21.7 Å². The van der Waals surface area contributed by atoms with Crippen molar-refractivity contribution in [3.63, 3.8) is 0 Å². The van der Waals surface area contributed by atoms with Crippen LogP contribution in [0.5, 0.6) is 0 Å². The van der Waals surface area contributed by atoms with Gasteiger partial charge in [-0.3, -0.25) is 4.79 Å². The highest BCUT2D eigenvalue weighted by molar-refractivity contribution is 7.89. The van der Waals surface area contributed by atoms with E-state index in [4.69, 9.17) is 5.11 Å². The Bertz CT molecular complexity index is 833. The number of sulfonamides is 1. The Labute approximate surface area is 174 Å². The van der Waals surface area contributed by atoms with Crippen molar-refractivity contribution in [2.45, 2.75) is 55.9 Å². The molecule has 0 heterocycles. The Balaban J connectivity index is 1.63. The molecule has 0 spiro atoms. The van der Waals surface area contributed by atoms with E-state index in [0.717, 1.165) is 31.4 Å². The summed E-state index contributed by atoms with van der Waals surface area (Å²) in [5.41, 5.74) is 0.967. The first kappa shape index (κ1) is 21.8. The van der Waals surface area contributed by atoms with Crippen LogP contribution in [0.25, 0.3) is 0 Å². The number of aliphatic carboxylic acids is 1. The number of anilines is 1. The molecular weight excluding hydrogens is 388 g/mol. The normalized spacial score (nSPS) is 26.3. The lowest BCUT2D eigenvalue weighted by molar-refractivity contribution is -0.137. The largest absolute Gasteiger partial charge is 0.481 e. The van der Waals surface area contributed by atoms with E-state index in [0.29, 0.717) is 29.1 Å². The van der Waals surface area contributed by atoms with Gasteiger partial charge in [-0.1, -0.05) is 12.2 Å². The van der Waals surface area contributed by atoms with Crippen LogP contribution in [0.2, 0.25) is 0 Å². The van der Waals surface area contributed by atoms with Crippen LogP contribution in [0, 0.1) is 17.8 Å². The molecule has 1 unspecified atom stereocenters. The fourth-order valence-corrected chi connectivity index (χ4v) is 6.20. The number of unbranched alkanes of at least 4 members (excludes halogenated alkanes) is 1. The van der Waals surface area contributed by atoms with E-state index >= 15 is 0 Å². The van der Waals surface area contributed by atoms with Crippen LogP contribution in [0.1, 0.15) is 44.9 Å². The van der Waals surface area contributed by atoms with Crippen molar-refractivity contribution in [3.8, 4) is 0 Å². The average molecular weight is 421 g/mol. The molecule has 29 heavy (non-hydrogen) atoms. The van der Waals surface area contributed by atoms with Gasteiger partial charge in [0.1, 0.15) is 0 Å². The van der Waals surface area contributed by atoms with Crippen molar-refractivity contribution in [1.29, 1.82) is 0 Å². The minimum absolute atomic E-state index is 0.0176. The number of hydrogen-bond acceptors (Lipinski definition) is 4. The molecule has 1 aromatic rings. The number of nitrogens with one attached hydrogen (secondary N) is 1. The first-order chi connectivity index (χ1) is 13.8. The third kappa shape index (κ3) is 5.39. The minimum atomic E-state index is -3.55. The number of nitrogens with zero attached hydrogens (tertiary/aromatic N) is 1. The summed E-state index contributed by atoms with van der Waals surface area (Å²) < 4.78 is 29.0. The number of hydrogen-bond donors (Lipinski definition) is 2. The van der Waals surface area contributed by atoms with Crippen LogP contribution in [0.4, 0.5) is 5.69 Å². The van der Waals surface area contributed by atoms with Gasteiger partial charge >= 0.3 is 5.97 Å². The maximum absolute atomic E-state index is 13.0. The molecular formula is C22H32N2O4S. The van der Waals surface area contributed by atoms with E-state index in [1.807, 2.05) is 37.2 Å². The predicted molar refractivity (Wildman–Crippen MR) is 114 cm³/mol. The number of benzene rings is 1. The smallest absolute Gasteiger partial charge is 0.303 e. The molecule has 7 heteroatoms. The third-order valence-corrected chi connectivity index (χ3v) is 7.85. The first-order valence-corrected chi connectivity index (χ1v) is 11.9. The molecule has 0 saturated heterocycles. The second-order valence-electron chi connectivity index (χ2n) is 8.53. The molecule has 2 aliphatic rings.